The molecule has 3 rings (SSSR count). The zero-order chi connectivity index (χ0) is 20.3. The normalized spacial score (nSPS) is 10.7. The second-order valence-electron chi connectivity index (χ2n) is 6.29. The number of halogens is 1. The third-order valence-electron chi connectivity index (χ3n) is 4.62. The molecule has 6 nitrogen and oxygen atoms in total. The van der Waals surface area contributed by atoms with Crippen molar-refractivity contribution in [1.82, 2.24) is 4.98 Å². The van der Waals surface area contributed by atoms with Crippen molar-refractivity contribution in [3.63, 3.8) is 0 Å². The van der Waals surface area contributed by atoms with Gasteiger partial charge < -0.3 is 19.9 Å². The number of pyridine rings is 1. The van der Waals surface area contributed by atoms with E-state index < -0.39 is 5.97 Å². The predicted molar refractivity (Wildman–Crippen MR) is 110 cm³/mol. The molecule has 0 saturated heterocycles. The molecule has 0 aliphatic heterocycles. The number of fused-ring (bicyclic) bond motifs is 1. The van der Waals surface area contributed by atoms with Gasteiger partial charge in [-0.15, -0.1) is 0 Å². The smallest absolute Gasteiger partial charge is 0.339 e. The fraction of sp³-hybridized carbons (Fsp3) is 0.238. The van der Waals surface area contributed by atoms with E-state index in [1.54, 1.807) is 26.4 Å². The fourth-order valence-corrected chi connectivity index (χ4v) is 3.26. The highest BCUT2D eigenvalue weighted by Gasteiger charge is 2.16. The van der Waals surface area contributed by atoms with Gasteiger partial charge in [0.15, 0.2) is 11.5 Å². The van der Waals surface area contributed by atoms with E-state index in [1.165, 1.54) is 6.20 Å². The average Bonchev–Trinajstić information content (AvgIpc) is 2.70. The lowest BCUT2D eigenvalue weighted by Gasteiger charge is -2.15. The molecule has 0 spiro atoms. The number of nitrogens with zero attached hydrogens (tertiary/aromatic N) is 1. The van der Waals surface area contributed by atoms with Crippen LogP contribution in [0.25, 0.3) is 10.9 Å². The topological polar surface area (TPSA) is 80.7 Å². The highest BCUT2D eigenvalue weighted by Crippen LogP contribution is 2.32. The Kier molecular flexibility index (Phi) is 5.90. The van der Waals surface area contributed by atoms with Crippen LogP contribution < -0.4 is 14.8 Å². The predicted octanol–water partition coefficient (Wildman–Crippen LogP) is 4.57. The molecule has 1 heterocycles. The summed E-state index contributed by atoms with van der Waals surface area (Å²) < 4.78 is 10.6. The van der Waals surface area contributed by atoms with Crippen LogP contribution >= 0.6 is 11.6 Å². The first-order valence-electron chi connectivity index (χ1n) is 8.72. The lowest BCUT2D eigenvalue weighted by atomic mass is 10.1. The SMILES string of the molecule is COc1ccc(CCNc2c(C(=O)O)cnc3c(C)c(Cl)ccc23)cc1OC. The van der Waals surface area contributed by atoms with Gasteiger partial charge in [-0.1, -0.05) is 17.7 Å². The number of carboxylic acid groups (broad SMARTS) is 1. The van der Waals surface area contributed by atoms with Gasteiger partial charge in [0.25, 0.3) is 0 Å². The second kappa shape index (κ2) is 8.35. The number of ether oxygens (including phenoxy) is 2. The number of nitrogens with one attached hydrogen (secondary N) is 1. The summed E-state index contributed by atoms with van der Waals surface area (Å²) >= 11 is 6.18. The Bertz CT molecular complexity index is 1040. The fourth-order valence-electron chi connectivity index (χ4n) is 3.10. The summed E-state index contributed by atoms with van der Waals surface area (Å²) in [6, 6.07) is 9.27. The minimum atomic E-state index is -1.03. The van der Waals surface area contributed by atoms with Gasteiger partial charge in [0.2, 0.25) is 0 Å². The van der Waals surface area contributed by atoms with Crippen molar-refractivity contribution < 1.29 is 19.4 Å². The Hall–Kier alpha value is -2.99. The number of aryl methyl sites for hydroxylation is 1. The van der Waals surface area contributed by atoms with Crippen molar-refractivity contribution in [1.29, 1.82) is 0 Å². The average molecular weight is 401 g/mol. The molecule has 7 heteroatoms. The number of aromatic carboxylic acids is 1. The Morgan fingerprint density at radius 3 is 2.61 bits per heavy atom. The standard InChI is InChI=1S/C21H21ClN2O4/c1-12-16(22)6-5-14-19(12)24-11-15(21(25)26)20(14)23-9-8-13-4-7-17(27-2)18(10-13)28-3/h4-7,10-11H,8-9H2,1-3H3,(H,23,24)(H,25,26). The van der Waals surface area contributed by atoms with Gasteiger partial charge in [-0.3, -0.25) is 4.98 Å². The molecule has 146 valence electrons. The molecule has 0 saturated carbocycles. The highest BCUT2D eigenvalue weighted by molar-refractivity contribution is 6.32. The summed E-state index contributed by atoms with van der Waals surface area (Å²) in [6.07, 6.45) is 2.04. The van der Waals surface area contributed by atoms with Crippen molar-refractivity contribution >= 4 is 34.2 Å². The van der Waals surface area contributed by atoms with E-state index in [9.17, 15) is 9.90 Å². The second-order valence-corrected chi connectivity index (χ2v) is 6.69. The summed E-state index contributed by atoms with van der Waals surface area (Å²) in [5.41, 5.74) is 3.21. The van der Waals surface area contributed by atoms with Crippen LogP contribution in [0.1, 0.15) is 21.5 Å². The van der Waals surface area contributed by atoms with Crippen LogP contribution in [0.5, 0.6) is 11.5 Å². The zero-order valence-corrected chi connectivity index (χ0v) is 16.6. The number of aromatic nitrogens is 1. The molecule has 28 heavy (non-hydrogen) atoms. The van der Waals surface area contributed by atoms with Gasteiger partial charge in [0, 0.05) is 23.2 Å². The molecule has 0 atom stereocenters. The van der Waals surface area contributed by atoms with E-state index in [0.717, 1.165) is 16.5 Å². The van der Waals surface area contributed by atoms with Crippen molar-refractivity contribution in [3.8, 4) is 11.5 Å². The van der Waals surface area contributed by atoms with Crippen LogP contribution in [0, 0.1) is 6.92 Å². The van der Waals surface area contributed by atoms with Gasteiger partial charge in [-0.05, 0) is 48.7 Å². The Labute approximate surface area is 168 Å². The van der Waals surface area contributed by atoms with E-state index >= 15 is 0 Å². The van der Waals surface area contributed by atoms with Crippen LogP contribution in [0.2, 0.25) is 5.02 Å². The van der Waals surface area contributed by atoms with E-state index in [-0.39, 0.29) is 5.56 Å². The number of benzene rings is 2. The van der Waals surface area contributed by atoms with Gasteiger partial charge in [-0.25, -0.2) is 4.79 Å². The molecule has 1 aromatic heterocycles. The Morgan fingerprint density at radius 1 is 1.18 bits per heavy atom. The van der Waals surface area contributed by atoms with Crippen molar-refractivity contribution in [2.45, 2.75) is 13.3 Å². The Balaban J connectivity index is 1.88. The van der Waals surface area contributed by atoms with Crippen LogP contribution in [0.15, 0.2) is 36.5 Å². The van der Waals surface area contributed by atoms with Crippen molar-refractivity contribution in [3.05, 3.63) is 58.2 Å². The third-order valence-corrected chi connectivity index (χ3v) is 5.03. The molecule has 0 aliphatic carbocycles. The molecular weight excluding hydrogens is 380 g/mol. The zero-order valence-electron chi connectivity index (χ0n) is 15.9. The number of carboxylic acids is 1. The molecule has 0 amide bonds. The van der Waals surface area contributed by atoms with Gasteiger partial charge in [0.05, 0.1) is 25.4 Å². The summed E-state index contributed by atoms with van der Waals surface area (Å²) in [5.74, 6) is 0.293. The largest absolute Gasteiger partial charge is 0.493 e. The van der Waals surface area contributed by atoms with Gasteiger partial charge in [-0.2, -0.15) is 0 Å². The van der Waals surface area contributed by atoms with Crippen LogP contribution in [-0.2, 0) is 6.42 Å². The lowest BCUT2D eigenvalue weighted by molar-refractivity contribution is 0.0697. The van der Waals surface area contributed by atoms with Gasteiger partial charge in [0.1, 0.15) is 5.56 Å². The summed E-state index contributed by atoms with van der Waals surface area (Å²) in [4.78, 5) is 16.0. The van der Waals surface area contributed by atoms with Crippen LogP contribution in [0.4, 0.5) is 5.69 Å². The molecule has 0 unspecified atom stereocenters. The lowest BCUT2D eigenvalue weighted by Crippen LogP contribution is -2.11. The highest BCUT2D eigenvalue weighted by atomic mass is 35.5. The maximum Gasteiger partial charge on any atom is 0.339 e. The minimum absolute atomic E-state index is 0.126. The molecule has 0 fully saturated rings. The number of carbonyl (C=O) groups is 1. The molecule has 3 aromatic rings. The van der Waals surface area contributed by atoms with Crippen molar-refractivity contribution in [2.75, 3.05) is 26.1 Å². The monoisotopic (exact) mass is 400 g/mol. The number of hydrogen-bond acceptors (Lipinski definition) is 5. The van der Waals surface area contributed by atoms with Crippen LogP contribution in [0.3, 0.4) is 0 Å². The number of hydrogen-bond donors (Lipinski definition) is 2. The minimum Gasteiger partial charge on any atom is -0.493 e. The molecule has 0 bridgehead atoms. The molecule has 2 aromatic carbocycles. The number of rotatable bonds is 7. The van der Waals surface area contributed by atoms with E-state index in [2.05, 4.69) is 10.3 Å². The van der Waals surface area contributed by atoms with Gasteiger partial charge >= 0.3 is 5.97 Å². The maximum absolute atomic E-state index is 11.7. The quantitative estimate of drug-likeness (QED) is 0.604. The first kappa shape index (κ1) is 19.8. The van der Waals surface area contributed by atoms with E-state index in [0.29, 0.717) is 40.7 Å². The van der Waals surface area contributed by atoms with E-state index in [1.807, 2.05) is 25.1 Å². The number of anilines is 1. The molecular formula is C21H21ClN2O4. The maximum atomic E-state index is 11.7. The molecule has 0 aliphatic rings. The number of methoxy groups -OCH3 is 2. The van der Waals surface area contributed by atoms with Crippen LogP contribution in [-0.4, -0.2) is 36.8 Å². The van der Waals surface area contributed by atoms with E-state index in [4.69, 9.17) is 21.1 Å². The summed E-state index contributed by atoms with van der Waals surface area (Å²) in [7, 11) is 3.19. The first-order valence-corrected chi connectivity index (χ1v) is 9.10. The third kappa shape index (κ3) is 3.82. The summed E-state index contributed by atoms with van der Waals surface area (Å²) in [6.45, 7) is 2.40. The molecule has 0 radical (unpaired) electrons. The molecule has 2 N–H and O–H groups in total. The Morgan fingerprint density at radius 2 is 1.93 bits per heavy atom. The summed E-state index contributed by atoms with van der Waals surface area (Å²) in [5, 5.41) is 14.1. The van der Waals surface area contributed by atoms with Crippen molar-refractivity contribution in [2.24, 2.45) is 0 Å². The first-order chi connectivity index (χ1) is 13.5.